The van der Waals surface area contributed by atoms with Crippen molar-refractivity contribution in [1.82, 2.24) is 9.97 Å². The number of fused-ring (bicyclic) bond motifs is 1. The molecule has 2 heterocycles. The molecule has 18 heavy (non-hydrogen) atoms. The molecule has 98 valence electrons. The van der Waals surface area contributed by atoms with Crippen LogP contribution in [-0.4, -0.2) is 16.0 Å². The molecule has 0 bridgehead atoms. The van der Waals surface area contributed by atoms with Crippen LogP contribution in [0.5, 0.6) is 0 Å². The number of nitrogens with zero attached hydrogens (tertiary/aromatic N) is 2. The van der Waals surface area contributed by atoms with Gasteiger partial charge >= 0.3 is 0 Å². The Bertz CT molecular complexity index is 552. The minimum Gasteiger partial charge on any atom is -0.367 e. The smallest absolute Gasteiger partial charge is 0.225 e. The van der Waals surface area contributed by atoms with Gasteiger partial charge in [-0.3, -0.25) is 0 Å². The monoisotopic (exact) mass is 283 g/mol. The van der Waals surface area contributed by atoms with E-state index in [1.807, 2.05) is 0 Å². The molecule has 2 atom stereocenters. The Labute approximate surface area is 117 Å². The lowest BCUT2D eigenvalue weighted by molar-refractivity contribution is 0.494. The average Bonchev–Trinajstić information content (AvgIpc) is 2.68. The van der Waals surface area contributed by atoms with E-state index in [1.54, 1.807) is 11.3 Å². The van der Waals surface area contributed by atoms with E-state index in [4.69, 9.17) is 11.6 Å². The van der Waals surface area contributed by atoms with Crippen LogP contribution in [-0.2, 0) is 0 Å². The summed E-state index contributed by atoms with van der Waals surface area (Å²) in [5.41, 5.74) is 0. The highest BCUT2D eigenvalue weighted by Gasteiger charge is 2.14. The molecular weight excluding hydrogens is 266 g/mol. The summed E-state index contributed by atoms with van der Waals surface area (Å²) >= 11 is 7.62. The van der Waals surface area contributed by atoms with Gasteiger partial charge in [0.2, 0.25) is 5.28 Å². The molecule has 2 aromatic heterocycles. The zero-order chi connectivity index (χ0) is 13.3. The lowest BCUT2D eigenvalue weighted by atomic mass is 10.0. The van der Waals surface area contributed by atoms with Crippen LogP contribution in [0.2, 0.25) is 5.28 Å². The fourth-order valence-electron chi connectivity index (χ4n) is 1.84. The van der Waals surface area contributed by atoms with E-state index in [1.165, 1.54) is 4.88 Å². The van der Waals surface area contributed by atoms with Crippen molar-refractivity contribution in [2.24, 2.45) is 5.92 Å². The second-order valence-electron chi connectivity index (χ2n) is 4.74. The van der Waals surface area contributed by atoms with Gasteiger partial charge in [-0.2, -0.15) is 0 Å². The van der Waals surface area contributed by atoms with Crippen LogP contribution >= 0.6 is 22.9 Å². The number of anilines is 1. The summed E-state index contributed by atoms with van der Waals surface area (Å²) in [7, 11) is 0. The van der Waals surface area contributed by atoms with Crippen molar-refractivity contribution in [3.63, 3.8) is 0 Å². The lowest BCUT2D eigenvalue weighted by Gasteiger charge is -2.20. The van der Waals surface area contributed by atoms with E-state index in [0.29, 0.717) is 17.2 Å². The first-order valence-electron chi connectivity index (χ1n) is 6.21. The molecular formula is C13H18ClN3S. The van der Waals surface area contributed by atoms with E-state index in [9.17, 15) is 0 Å². The fraction of sp³-hybridized carbons (Fsp3) is 0.538. The highest BCUT2D eigenvalue weighted by molar-refractivity contribution is 7.18. The zero-order valence-corrected chi connectivity index (χ0v) is 12.7. The Morgan fingerprint density at radius 1 is 1.39 bits per heavy atom. The predicted molar refractivity (Wildman–Crippen MR) is 79.7 cm³/mol. The first-order chi connectivity index (χ1) is 8.51. The van der Waals surface area contributed by atoms with E-state index < -0.39 is 0 Å². The van der Waals surface area contributed by atoms with E-state index >= 15 is 0 Å². The molecule has 0 saturated carbocycles. The van der Waals surface area contributed by atoms with Crippen molar-refractivity contribution >= 4 is 39.0 Å². The van der Waals surface area contributed by atoms with Crippen molar-refractivity contribution in [3.05, 3.63) is 16.2 Å². The number of thiophene rings is 1. The second kappa shape index (κ2) is 5.41. The van der Waals surface area contributed by atoms with Crippen LogP contribution in [0.4, 0.5) is 5.82 Å². The topological polar surface area (TPSA) is 37.8 Å². The Kier molecular flexibility index (Phi) is 4.07. The molecule has 0 fully saturated rings. The maximum Gasteiger partial charge on any atom is 0.225 e. The van der Waals surface area contributed by atoms with Gasteiger partial charge in [-0.05, 0) is 37.4 Å². The number of hydrogen-bond acceptors (Lipinski definition) is 4. The summed E-state index contributed by atoms with van der Waals surface area (Å²) in [6.07, 6.45) is 1.14. The molecule has 1 N–H and O–H groups in total. The summed E-state index contributed by atoms with van der Waals surface area (Å²) < 4.78 is 0. The SMILES string of the molecule is CCC(C)C(C)Nc1nc(Cl)nc2sc(C)cc12. The highest BCUT2D eigenvalue weighted by atomic mass is 35.5. The van der Waals surface area contributed by atoms with Crippen molar-refractivity contribution in [3.8, 4) is 0 Å². The number of aryl methyl sites for hydroxylation is 1. The third-order valence-electron chi connectivity index (χ3n) is 3.35. The minimum atomic E-state index is 0.309. The number of hydrogen-bond donors (Lipinski definition) is 1. The molecule has 0 aliphatic heterocycles. The van der Waals surface area contributed by atoms with Gasteiger partial charge in [0.05, 0.1) is 5.39 Å². The van der Waals surface area contributed by atoms with Crippen LogP contribution in [0.15, 0.2) is 6.07 Å². The predicted octanol–water partition coefficient (Wildman–Crippen LogP) is 4.50. The molecule has 3 nitrogen and oxygen atoms in total. The number of halogens is 1. The van der Waals surface area contributed by atoms with Gasteiger partial charge in [0.25, 0.3) is 0 Å². The van der Waals surface area contributed by atoms with Gasteiger partial charge in [0.15, 0.2) is 0 Å². The van der Waals surface area contributed by atoms with E-state index in [-0.39, 0.29) is 0 Å². The van der Waals surface area contributed by atoms with Crippen molar-refractivity contribution in [2.75, 3.05) is 5.32 Å². The zero-order valence-electron chi connectivity index (χ0n) is 11.1. The van der Waals surface area contributed by atoms with Gasteiger partial charge in [-0.1, -0.05) is 20.3 Å². The Balaban J connectivity index is 2.37. The van der Waals surface area contributed by atoms with Crippen molar-refractivity contribution < 1.29 is 0 Å². The molecule has 2 aromatic rings. The second-order valence-corrected chi connectivity index (χ2v) is 6.31. The normalized spacial score (nSPS) is 14.7. The van der Waals surface area contributed by atoms with Crippen LogP contribution in [0, 0.1) is 12.8 Å². The van der Waals surface area contributed by atoms with Crippen molar-refractivity contribution in [2.45, 2.75) is 40.2 Å². The molecule has 0 aliphatic carbocycles. The van der Waals surface area contributed by atoms with Gasteiger partial charge in [-0.15, -0.1) is 11.3 Å². The maximum absolute atomic E-state index is 5.97. The van der Waals surface area contributed by atoms with Gasteiger partial charge in [-0.25, -0.2) is 9.97 Å². The fourth-order valence-corrected chi connectivity index (χ4v) is 2.94. The van der Waals surface area contributed by atoms with Gasteiger partial charge < -0.3 is 5.32 Å². The van der Waals surface area contributed by atoms with Crippen LogP contribution in [0.1, 0.15) is 32.1 Å². The molecule has 0 aromatic carbocycles. The van der Waals surface area contributed by atoms with E-state index in [0.717, 1.165) is 22.5 Å². The largest absolute Gasteiger partial charge is 0.367 e. The molecule has 2 unspecified atom stereocenters. The molecule has 0 aliphatic rings. The molecule has 2 rings (SSSR count). The molecule has 0 radical (unpaired) electrons. The first-order valence-corrected chi connectivity index (χ1v) is 7.41. The summed E-state index contributed by atoms with van der Waals surface area (Å²) in [5.74, 6) is 1.44. The molecule has 0 saturated heterocycles. The Morgan fingerprint density at radius 3 is 2.78 bits per heavy atom. The van der Waals surface area contributed by atoms with Gasteiger partial charge in [0, 0.05) is 10.9 Å². The minimum absolute atomic E-state index is 0.309. The van der Waals surface area contributed by atoms with Crippen LogP contribution < -0.4 is 5.32 Å². The van der Waals surface area contributed by atoms with E-state index in [2.05, 4.69) is 49.0 Å². The quantitative estimate of drug-likeness (QED) is 0.840. The highest BCUT2D eigenvalue weighted by Crippen LogP contribution is 2.30. The standard InChI is InChI=1S/C13H18ClN3S/c1-5-7(2)9(4)15-11-10-6-8(3)18-12(10)17-13(14)16-11/h6-7,9H,5H2,1-4H3,(H,15,16,17). The number of aromatic nitrogens is 2. The summed E-state index contributed by atoms with van der Waals surface area (Å²) in [6, 6.07) is 2.48. The summed E-state index contributed by atoms with van der Waals surface area (Å²) in [4.78, 5) is 10.8. The van der Waals surface area contributed by atoms with Gasteiger partial charge in [0.1, 0.15) is 10.6 Å². The maximum atomic E-state index is 5.97. The summed E-state index contributed by atoms with van der Waals surface area (Å²) in [5, 5.41) is 4.84. The third kappa shape index (κ3) is 2.75. The summed E-state index contributed by atoms with van der Waals surface area (Å²) in [6.45, 7) is 8.67. The lowest BCUT2D eigenvalue weighted by Crippen LogP contribution is -2.23. The first kappa shape index (κ1) is 13.6. The van der Waals surface area contributed by atoms with Crippen LogP contribution in [0.3, 0.4) is 0 Å². The Morgan fingerprint density at radius 2 is 2.11 bits per heavy atom. The number of rotatable bonds is 4. The molecule has 0 spiro atoms. The third-order valence-corrected chi connectivity index (χ3v) is 4.46. The van der Waals surface area contributed by atoms with Crippen LogP contribution in [0.25, 0.3) is 10.2 Å². The molecule has 5 heteroatoms. The van der Waals surface area contributed by atoms with Crippen molar-refractivity contribution in [1.29, 1.82) is 0 Å². The number of nitrogens with one attached hydrogen (secondary N) is 1. The molecule has 0 amide bonds. The average molecular weight is 284 g/mol. The Hall–Kier alpha value is -0.870.